The van der Waals surface area contributed by atoms with Crippen molar-refractivity contribution in [3.8, 4) is 6.07 Å². The van der Waals surface area contributed by atoms with Crippen LogP contribution in [0.3, 0.4) is 0 Å². The summed E-state index contributed by atoms with van der Waals surface area (Å²) in [6, 6.07) is 9.30. The van der Waals surface area contributed by atoms with Gasteiger partial charge in [-0.2, -0.15) is 5.26 Å². The van der Waals surface area contributed by atoms with E-state index in [-0.39, 0.29) is 11.1 Å². The highest BCUT2D eigenvalue weighted by Crippen LogP contribution is 2.22. The van der Waals surface area contributed by atoms with Crippen molar-refractivity contribution in [3.05, 3.63) is 62.0 Å². The summed E-state index contributed by atoms with van der Waals surface area (Å²) in [5, 5.41) is 11.4. The molecule has 0 fully saturated rings. The summed E-state index contributed by atoms with van der Waals surface area (Å²) in [5.74, 6) is -1.23. The molecule has 0 unspecified atom stereocenters. The first kappa shape index (κ1) is 15.4. The van der Waals surface area contributed by atoms with Crippen LogP contribution in [0.15, 0.2) is 30.3 Å². The summed E-state index contributed by atoms with van der Waals surface area (Å²) in [5.41, 5.74) is 2.82. The molecular formula is C16H12FIN2O. The molecule has 2 rings (SSSR count). The van der Waals surface area contributed by atoms with Gasteiger partial charge in [0, 0.05) is 9.26 Å². The molecule has 0 aliphatic rings. The number of halogens is 2. The maximum Gasteiger partial charge on any atom is 0.258 e. The molecule has 106 valence electrons. The molecule has 5 heteroatoms. The van der Waals surface area contributed by atoms with Gasteiger partial charge in [-0.25, -0.2) is 4.39 Å². The molecule has 0 heterocycles. The van der Waals surface area contributed by atoms with Crippen LogP contribution in [0, 0.1) is 34.6 Å². The molecule has 0 aliphatic carbocycles. The predicted octanol–water partition coefficient (Wildman–Crippen LogP) is 4.17. The van der Waals surface area contributed by atoms with Gasteiger partial charge in [0.1, 0.15) is 5.82 Å². The van der Waals surface area contributed by atoms with Crippen LogP contribution in [0.1, 0.15) is 27.0 Å². The monoisotopic (exact) mass is 394 g/mol. The van der Waals surface area contributed by atoms with Gasteiger partial charge in [-0.1, -0.05) is 0 Å². The lowest BCUT2D eigenvalue weighted by Gasteiger charge is -2.10. The fourth-order valence-corrected chi connectivity index (χ4v) is 2.30. The van der Waals surface area contributed by atoms with Crippen molar-refractivity contribution in [1.29, 1.82) is 5.26 Å². The molecule has 1 amide bonds. The highest BCUT2D eigenvalue weighted by Gasteiger charge is 2.13. The number of carbonyl (C=O) groups is 1. The fraction of sp³-hybridized carbons (Fsp3) is 0.125. The number of benzene rings is 2. The van der Waals surface area contributed by atoms with E-state index in [9.17, 15) is 9.18 Å². The minimum atomic E-state index is -0.703. The van der Waals surface area contributed by atoms with Gasteiger partial charge < -0.3 is 5.32 Å². The van der Waals surface area contributed by atoms with Crippen molar-refractivity contribution >= 4 is 34.2 Å². The largest absolute Gasteiger partial charge is 0.322 e. The first-order chi connectivity index (χ1) is 9.92. The number of nitrogens with zero attached hydrogens (tertiary/aromatic N) is 1. The summed E-state index contributed by atoms with van der Waals surface area (Å²) < 4.78 is 14.9. The first-order valence-electron chi connectivity index (χ1n) is 6.20. The smallest absolute Gasteiger partial charge is 0.258 e. The van der Waals surface area contributed by atoms with Crippen LogP contribution in [0.4, 0.5) is 10.1 Å². The number of amides is 1. The number of nitrogens with one attached hydrogen (secondary N) is 1. The zero-order chi connectivity index (χ0) is 15.6. The highest BCUT2D eigenvalue weighted by molar-refractivity contribution is 14.1. The number of rotatable bonds is 2. The quantitative estimate of drug-likeness (QED) is 0.778. The third kappa shape index (κ3) is 3.39. The standard InChI is InChI=1S/C16H12FIN2O/c1-9-5-12(6-10(2)15(9)18)20-16(21)13-4-3-11(8-19)7-14(13)17/h3-7H,1-2H3,(H,20,21). The third-order valence-electron chi connectivity index (χ3n) is 3.04. The van der Waals surface area contributed by atoms with Gasteiger partial charge in [0.15, 0.2) is 0 Å². The van der Waals surface area contributed by atoms with Crippen LogP contribution in [0.25, 0.3) is 0 Å². The van der Waals surface area contributed by atoms with Gasteiger partial charge in [0.25, 0.3) is 5.91 Å². The number of hydrogen-bond acceptors (Lipinski definition) is 2. The van der Waals surface area contributed by atoms with Crippen molar-refractivity contribution in [2.75, 3.05) is 5.32 Å². The van der Waals surface area contributed by atoms with Crippen molar-refractivity contribution < 1.29 is 9.18 Å². The van der Waals surface area contributed by atoms with E-state index < -0.39 is 11.7 Å². The van der Waals surface area contributed by atoms with Gasteiger partial charge in [0.2, 0.25) is 0 Å². The Balaban J connectivity index is 2.28. The third-order valence-corrected chi connectivity index (χ3v) is 4.74. The van der Waals surface area contributed by atoms with Gasteiger partial charge in [0.05, 0.1) is 17.2 Å². The Kier molecular flexibility index (Phi) is 4.58. The van der Waals surface area contributed by atoms with Gasteiger partial charge in [-0.3, -0.25) is 4.79 Å². The number of anilines is 1. The van der Waals surface area contributed by atoms with Crippen LogP contribution in [-0.4, -0.2) is 5.91 Å². The Labute approximate surface area is 135 Å². The molecule has 0 saturated heterocycles. The lowest BCUT2D eigenvalue weighted by molar-refractivity contribution is 0.102. The molecule has 3 nitrogen and oxygen atoms in total. The predicted molar refractivity (Wildman–Crippen MR) is 87.7 cm³/mol. The second kappa shape index (κ2) is 6.22. The topological polar surface area (TPSA) is 52.9 Å². The molecule has 21 heavy (non-hydrogen) atoms. The molecule has 0 aliphatic heterocycles. The van der Waals surface area contributed by atoms with Crippen LogP contribution >= 0.6 is 22.6 Å². The normalized spacial score (nSPS) is 10.0. The zero-order valence-corrected chi connectivity index (χ0v) is 13.7. The summed E-state index contributed by atoms with van der Waals surface area (Å²) in [6.45, 7) is 3.90. The van der Waals surface area contributed by atoms with Gasteiger partial charge >= 0.3 is 0 Å². The van der Waals surface area contributed by atoms with Crippen LogP contribution in [-0.2, 0) is 0 Å². The lowest BCUT2D eigenvalue weighted by atomic mass is 10.1. The summed E-state index contributed by atoms with van der Waals surface area (Å²) in [7, 11) is 0. The SMILES string of the molecule is Cc1cc(NC(=O)c2ccc(C#N)cc2F)cc(C)c1I. The van der Waals surface area contributed by atoms with E-state index in [1.54, 1.807) is 0 Å². The maximum atomic E-state index is 13.8. The van der Waals surface area contributed by atoms with Crippen molar-refractivity contribution in [2.45, 2.75) is 13.8 Å². The Morgan fingerprint density at radius 3 is 2.38 bits per heavy atom. The van der Waals surface area contributed by atoms with Crippen LogP contribution in [0.2, 0.25) is 0 Å². The molecule has 0 aromatic heterocycles. The molecule has 0 atom stereocenters. The Hall–Kier alpha value is -1.94. The summed E-state index contributed by atoms with van der Waals surface area (Å²) in [6.07, 6.45) is 0. The Morgan fingerprint density at radius 1 is 1.24 bits per heavy atom. The van der Waals surface area contributed by atoms with E-state index >= 15 is 0 Å². The van der Waals surface area contributed by atoms with Gasteiger partial charge in [-0.15, -0.1) is 0 Å². The van der Waals surface area contributed by atoms with E-state index in [1.165, 1.54) is 12.1 Å². The highest BCUT2D eigenvalue weighted by atomic mass is 127. The molecule has 0 saturated carbocycles. The van der Waals surface area contributed by atoms with E-state index in [0.29, 0.717) is 5.69 Å². The van der Waals surface area contributed by atoms with Crippen LogP contribution in [0.5, 0.6) is 0 Å². The average molecular weight is 394 g/mol. The van der Waals surface area contributed by atoms with Crippen LogP contribution < -0.4 is 5.32 Å². The number of carbonyl (C=O) groups excluding carboxylic acids is 1. The van der Waals surface area contributed by atoms with Gasteiger partial charge in [-0.05, 0) is 77.9 Å². The molecule has 1 N–H and O–H groups in total. The maximum absolute atomic E-state index is 13.8. The fourth-order valence-electron chi connectivity index (χ4n) is 1.99. The van der Waals surface area contributed by atoms with E-state index in [2.05, 4.69) is 27.9 Å². The van der Waals surface area contributed by atoms with E-state index in [0.717, 1.165) is 20.8 Å². The summed E-state index contributed by atoms with van der Waals surface area (Å²) >= 11 is 2.24. The first-order valence-corrected chi connectivity index (χ1v) is 7.28. The minimum Gasteiger partial charge on any atom is -0.322 e. The molecule has 0 spiro atoms. The summed E-state index contributed by atoms with van der Waals surface area (Å²) in [4.78, 5) is 12.1. The second-order valence-corrected chi connectivity index (χ2v) is 5.76. The Morgan fingerprint density at radius 2 is 1.86 bits per heavy atom. The number of hydrogen-bond donors (Lipinski definition) is 1. The Bertz CT molecular complexity index is 742. The molecule has 2 aromatic rings. The molecule has 0 bridgehead atoms. The number of aryl methyl sites for hydroxylation is 2. The van der Waals surface area contributed by atoms with Crippen molar-refractivity contribution in [3.63, 3.8) is 0 Å². The molecule has 2 aromatic carbocycles. The van der Waals surface area contributed by atoms with E-state index in [4.69, 9.17) is 5.26 Å². The van der Waals surface area contributed by atoms with Crippen molar-refractivity contribution in [2.24, 2.45) is 0 Å². The number of nitriles is 1. The lowest BCUT2D eigenvalue weighted by Crippen LogP contribution is -2.14. The van der Waals surface area contributed by atoms with E-state index in [1.807, 2.05) is 32.0 Å². The molecular weight excluding hydrogens is 382 g/mol. The minimum absolute atomic E-state index is 0.0807. The second-order valence-electron chi connectivity index (χ2n) is 4.68. The zero-order valence-electron chi connectivity index (χ0n) is 11.5. The average Bonchev–Trinajstić information content (AvgIpc) is 2.44. The molecule has 0 radical (unpaired) electrons. The van der Waals surface area contributed by atoms with Crippen molar-refractivity contribution in [1.82, 2.24) is 0 Å².